The van der Waals surface area contributed by atoms with Crippen LogP contribution in [0.15, 0.2) is 36.4 Å². The number of piperazine rings is 1. The Morgan fingerprint density at radius 1 is 1.03 bits per heavy atom. The number of aryl methyl sites for hydroxylation is 1. The minimum Gasteiger partial charge on any atom is -0.366 e. The fourth-order valence-corrected chi connectivity index (χ4v) is 4.04. The molecule has 0 bridgehead atoms. The summed E-state index contributed by atoms with van der Waals surface area (Å²) >= 11 is 17.7. The molecule has 2 aromatic carbocycles. The smallest absolute Gasteiger partial charge is 0.257 e. The summed E-state index contributed by atoms with van der Waals surface area (Å²) in [6.45, 7) is 8.37. The van der Waals surface area contributed by atoms with Crippen LogP contribution in [0.5, 0.6) is 0 Å². The van der Waals surface area contributed by atoms with E-state index >= 15 is 0 Å². The Hall–Kier alpha value is -2.35. The van der Waals surface area contributed by atoms with Crippen molar-refractivity contribution in [3.63, 3.8) is 0 Å². The first-order valence-electron chi connectivity index (χ1n) is 10.4. The third-order valence-corrected chi connectivity index (χ3v) is 6.14. The number of carbonyl (C=O) groups is 2. The van der Waals surface area contributed by atoms with Gasteiger partial charge in [0.05, 0.1) is 11.4 Å². The number of halogens is 2. The van der Waals surface area contributed by atoms with Crippen LogP contribution in [-0.4, -0.2) is 48.0 Å². The minimum atomic E-state index is -0.353. The molecule has 1 aliphatic rings. The Morgan fingerprint density at radius 3 is 2.34 bits per heavy atom. The summed E-state index contributed by atoms with van der Waals surface area (Å²) < 4.78 is 0. The van der Waals surface area contributed by atoms with Gasteiger partial charge >= 0.3 is 0 Å². The first kappa shape index (κ1) is 24.3. The van der Waals surface area contributed by atoms with Gasteiger partial charge in [-0.25, -0.2) is 0 Å². The van der Waals surface area contributed by atoms with Gasteiger partial charge in [-0.05, 0) is 55.0 Å². The van der Waals surface area contributed by atoms with Crippen molar-refractivity contribution in [1.82, 2.24) is 10.2 Å². The summed E-state index contributed by atoms with van der Waals surface area (Å²) in [6, 6.07) is 10.6. The molecule has 32 heavy (non-hydrogen) atoms. The number of hydrogen-bond donors (Lipinski definition) is 2. The molecule has 6 nitrogen and oxygen atoms in total. The maximum Gasteiger partial charge on any atom is 0.257 e. The predicted octanol–water partition coefficient (Wildman–Crippen LogP) is 4.73. The van der Waals surface area contributed by atoms with Gasteiger partial charge in [0, 0.05) is 47.7 Å². The maximum atomic E-state index is 12.5. The van der Waals surface area contributed by atoms with Crippen LogP contribution in [0.2, 0.25) is 10.0 Å². The molecule has 2 aromatic rings. The van der Waals surface area contributed by atoms with E-state index in [1.54, 1.807) is 24.3 Å². The molecular weight excluding hydrogens is 467 g/mol. The fraction of sp³-hybridized carbons (Fsp3) is 0.348. The molecule has 2 amide bonds. The Balaban J connectivity index is 1.68. The van der Waals surface area contributed by atoms with Gasteiger partial charge < -0.3 is 15.1 Å². The Kier molecular flexibility index (Phi) is 7.98. The van der Waals surface area contributed by atoms with Crippen LogP contribution in [0.3, 0.4) is 0 Å². The molecule has 0 atom stereocenters. The molecule has 0 spiro atoms. The van der Waals surface area contributed by atoms with Crippen LogP contribution in [0.25, 0.3) is 0 Å². The largest absolute Gasteiger partial charge is 0.366 e. The van der Waals surface area contributed by atoms with Crippen molar-refractivity contribution >= 4 is 63.7 Å². The zero-order valence-electron chi connectivity index (χ0n) is 18.2. The van der Waals surface area contributed by atoms with E-state index in [0.717, 1.165) is 11.3 Å². The zero-order chi connectivity index (χ0) is 23.4. The summed E-state index contributed by atoms with van der Waals surface area (Å²) in [6.07, 6.45) is 0. The van der Waals surface area contributed by atoms with Gasteiger partial charge in [0.25, 0.3) is 5.91 Å². The quantitative estimate of drug-likeness (QED) is 0.603. The standard InChI is InChI=1S/C23H26Cl2N4O2S/c1-14(2)22(31)29-10-8-28(9-11-29)20-7-6-17(24)13-19(20)26-23(32)27-21(30)16-5-4-15(3)18(25)12-16/h4-7,12-14H,8-11H2,1-3H3,(H2,26,27,30,32). The van der Waals surface area contributed by atoms with Crippen molar-refractivity contribution in [3.8, 4) is 0 Å². The highest BCUT2D eigenvalue weighted by Crippen LogP contribution is 2.30. The minimum absolute atomic E-state index is 0.0151. The molecule has 1 aliphatic heterocycles. The summed E-state index contributed by atoms with van der Waals surface area (Å²) in [5.74, 6) is -0.202. The van der Waals surface area contributed by atoms with Crippen LogP contribution >= 0.6 is 35.4 Å². The lowest BCUT2D eigenvalue weighted by molar-refractivity contribution is -0.134. The second kappa shape index (κ2) is 10.5. The van der Waals surface area contributed by atoms with E-state index in [9.17, 15) is 9.59 Å². The van der Waals surface area contributed by atoms with E-state index in [1.165, 1.54) is 0 Å². The van der Waals surface area contributed by atoms with E-state index in [1.807, 2.05) is 37.8 Å². The zero-order valence-corrected chi connectivity index (χ0v) is 20.6. The summed E-state index contributed by atoms with van der Waals surface area (Å²) in [4.78, 5) is 28.9. The number of nitrogens with one attached hydrogen (secondary N) is 2. The van der Waals surface area contributed by atoms with Crippen molar-refractivity contribution in [2.24, 2.45) is 5.92 Å². The summed E-state index contributed by atoms with van der Waals surface area (Å²) in [5, 5.41) is 6.99. The van der Waals surface area contributed by atoms with Gasteiger partial charge in [0.1, 0.15) is 0 Å². The molecule has 1 heterocycles. The molecule has 1 saturated heterocycles. The van der Waals surface area contributed by atoms with Crippen molar-refractivity contribution in [1.29, 1.82) is 0 Å². The molecule has 9 heteroatoms. The molecule has 0 saturated carbocycles. The van der Waals surface area contributed by atoms with E-state index in [0.29, 0.717) is 47.5 Å². The highest BCUT2D eigenvalue weighted by Gasteiger charge is 2.24. The van der Waals surface area contributed by atoms with Crippen LogP contribution in [-0.2, 0) is 4.79 Å². The molecule has 0 radical (unpaired) electrons. The normalized spacial score (nSPS) is 13.8. The predicted molar refractivity (Wildman–Crippen MR) is 135 cm³/mol. The number of hydrogen-bond acceptors (Lipinski definition) is 4. The number of amides is 2. The second-order valence-corrected chi connectivity index (χ2v) is 9.25. The molecule has 1 fully saturated rings. The van der Waals surface area contributed by atoms with Crippen molar-refractivity contribution in [2.45, 2.75) is 20.8 Å². The lowest BCUT2D eigenvalue weighted by Crippen LogP contribution is -2.50. The second-order valence-electron chi connectivity index (χ2n) is 8.00. The SMILES string of the molecule is Cc1ccc(C(=O)NC(=S)Nc2cc(Cl)ccc2N2CCN(C(=O)C(C)C)CC2)cc1Cl. The summed E-state index contributed by atoms with van der Waals surface area (Å²) in [7, 11) is 0. The molecule has 0 aromatic heterocycles. The van der Waals surface area contributed by atoms with E-state index in [-0.39, 0.29) is 22.8 Å². The first-order chi connectivity index (χ1) is 15.2. The van der Waals surface area contributed by atoms with Gasteiger partial charge in [-0.15, -0.1) is 0 Å². The van der Waals surface area contributed by atoms with Crippen LogP contribution in [0.4, 0.5) is 11.4 Å². The van der Waals surface area contributed by atoms with Gasteiger partial charge in [-0.2, -0.15) is 0 Å². The van der Waals surface area contributed by atoms with Crippen molar-refractivity contribution in [2.75, 3.05) is 36.4 Å². The molecule has 170 valence electrons. The Labute approximate surface area is 203 Å². The van der Waals surface area contributed by atoms with E-state index in [2.05, 4.69) is 15.5 Å². The van der Waals surface area contributed by atoms with Crippen LogP contribution < -0.4 is 15.5 Å². The molecule has 0 aliphatic carbocycles. The van der Waals surface area contributed by atoms with E-state index in [4.69, 9.17) is 35.4 Å². The lowest BCUT2D eigenvalue weighted by atomic mass is 10.1. The monoisotopic (exact) mass is 492 g/mol. The highest BCUT2D eigenvalue weighted by molar-refractivity contribution is 7.80. The van der Waals surface area contributed by atoms with Crippen LogP contribution in [0, 0.1) is 12.8 Å². The van der Waals surface area contributed by atoms with E-state index < -0.39 is 0 Å². The molecular formula is C23H26Cl2N4O2S. The molecule has 3 rings (SSSR count). The lowest BCUT2D eigenvalue weighted by Gasteiger charge is -2.37. The molecule has 2 N–H and O–H groups in total. The average Bonchev–Trinajstić information content (AvgIpc) is 2.75. The fourth-order valence-electron chi connectivity index (χ4n) is 3.48. The van der Waals surface area contributed by atoms with Crippen molar-refractivity contribution < 1.29 is 9.59 Å². The number of thiocarbonyl (C=S) groups is 1. The van der Waals surface area contributed by atoms with Crippen molar-refractivity contribution in [3.05, 3.63) is 57.6 Å². The topological polar surface area (TPSA) is 64.7 Å². The number of nitrogens with zero attached hydrogens (tertiary/aromatic N) is 2. The highest BCUT2D eigenvalue weighted by atomic mass is 35.5. The first-order valence-corrected chi connectivity index (χ1v) is 11.5. The number of benzene rings is 2. The number of anilines is 2. The average molecular weight is 493 g/mol. The van der Waals surface area contributed by atoms with Crippen LogP contribution in [0.1, 0.15) is 29.8 Å². The number of rotatable bonds is 4. The van der Waals surface area contributed by atoms with Gasteiger partial charge in [-0.1, -0.05) is 43.1 Å². The number of carbonyl (C=O) groups excluding carboxylic acids is 2. The Morgan fingerprint density at radius 2 is 1.72 bits per heavy atom. The van der Waals surface area contributed by atoms with Gasteiger partial charge in [-0.3, -0.25) is 14.9 Å². The Bertz CT molecular complexity index is 1040. The summed E-state index contributed by atoms with van der Waals surface area (Å²) in [5.41, 5.74) is 2.90. The van der Waals surface area contributed by atoms with Gasteiger partial charge in [0.15, 0.2) is 5.11 Å². The maximum absolute atomic E-state index is 12.5. The molecule has 0 unspecified atom stereocenters. The third-order valence-electron chi connectivity index (χ3n) is 5.29. The third kappa shape index (κ3) is 5.91. The van der Waals surface area contributed by atoms with Gasteiger partial charge in [0.2, 0.25) is 5.91 Å².